The Bertz CT molecular complexity index is 346. The summed E-state index contributed by atoms with van der Waals surface area (Å²) >= 11 is 0. The first-order chi connectivity index (χ1) is 10.0. The van der Waals surface area contributed by atoms with E-state index in [2.05, 4.69) is 10.6 Å². The van der Waals surface area contributed by atoms with E-state index in [0.29, 0.717) is 0 Å². The van der Waals surface area contributed by atoms with Gasteiger partial charge in [0.25, 0.3) is 0 Å². The number of carbonyl (C=O) groups excluding carboxylic acids is 1. The molecule has 1 amide bonds. The van der Waals surface area contributed by atoms with Gasteiger partial charge in [-0.3, -0.25) is 4.79 Å². The number of ether oxygens (including phenoxy) is 1. The zero-order chi connectivity index (χ0) is 15.4. The maximum Gasteiger partial charge on any atom is 0.237 e. The second-order valence-electron chi connectivity index (χ2n) is 5.95. The highest BCUT2D eigenvalue weighted by atomic mass is 16.5. The van der Waals surface area contributed by atoms with Gasteiger partial charge in [-0.15, -0.1) is 0 Å². The van der Waals surface area contributed by atoms with Crippen LogP contribution in [0.5, 0.6) is 0 Å². The highest BCUT2D eigenvalue weighted by Crippen LogP contribution is 2.20. The van der Waals surface area contributed by atoms with Crippen molar-refractivity contribution >= 4 is 5.91 Å². The van der Waals surface area contributed by atoms with Crippen molar-refractivity contribution in [2.24, 2.45) is 0 Å². The Morgan fingerprint density at radius 1 is 1.19 bits per heavy atom. The van der Waals surface area contributed by atoms with Gasteiger partial charge in [0.15, 0.2) is 0 Å². The summed E-state index contributed by atoms with van der Waals surface area (Å²) in [6.07, 6.45) is -0.846. The van der Waals surface area contributed by atoms with E-state index in [0.717, 1.165) is 32.2 Å². The van der Waals surface area contributed by atoms with Crippen molar-refractivity contribution in [1.29, 1.82) is 0 Å². The van der Waals surface area contributed by atoms with Gasteiger partial charge in [0.05, 0.1) is 12.1 Å². The van der Waals surface area contributed by atoms with Crippen LogP contribution < -0.4 is 10.6 Å². The zero-order valence-electron chi connectivity index (χ0n) is 12.4. The predicted octanol–water partition coefficient (Wildman–Crippen LogP) is -1.50. The molecule has 0 radical (unpaired) electrons. The number of hydrogen-bond donors (Lipinski definition) is 5. The molecule has 2 heterocycles. The summed E-state index contributed by atoms with van der Waals surface area (Å²) in [5.41, 5.74) is 0. The second-order valence-corrected chi connectivity index (χ2v) is 5.95. The molecule has 2 aliphatic rings. The molecule has 7 nitrogen and oxygen atoms in total. The van der Waals surface area contributed by atoms with Gasteiger partial charge >= 0.3 is 0 Å². The first-order valence-corrected chi connectivity index (χ1v) is 7.71. The quantitative estimate of drug-likeness (QED) is 0.434. The molecule has 2 rings (SSSR count). The van der Waals surface area contributed by atoms with Gasteiger partial charge in [0.2, 0.25) is 5.91 Å². The molecule has 0 aromatic heterocycles. The number of carbonyl (C=O) groups is 1. The summed E-state index contributed by atoms with van der Waals surface area (Å²) < 4.78 is 5.45. The molecule has 0 bridgehead atoms. The molecule has 7 heteroatoms. The van der Waals surface area contributed by atoms with Crippen molar-refractivity contribution in [2.45, 2.75) is 69.2 Å². The van der Waals surface area contributed by atoms with Gasteiger partial charge in [-0.25, -0.2) is 0 Å². The SMILES string of the molecule is CC1OC(CNC(=O)C2CCCCCN2)C(O)C(O)C1O. The Hall–Kier alpha value is -0.730. The standard InChI is InChI=1S/C14H26N2O5/c1-8-11(17)13(19)12(18)10(21-8)7-16-14(20)9-5-3-2-4-6-15-9/h8-13,15,17-19H,2-7H2,1H3,(H,16,20). The van der Waals surface area contributed by atoms with E-state index in [9.17, 15) is 20.1 Å². The van der Waals surface area contributed by atoms with Crippen molar-refractivity contribution in [3.63, 3.8) is 0 Å². The Labute approximate surface area is 124 Å². The van der Waals surface area contributed by atoms with Crippen molar-refractivity contribution in [1.82, 2.24) is 10.6 Å². The molecule has 6 unspecified atom stereocenters. The van der Waals surface area contributed by atoms with Crippen LogP contribution in [0.25, 0.3) is 0 Å². The topological polar surface area (TPSA) is 111 Å². The molecule has 0 aliphatic carbocycles. The van der Waals surface area contributed by atoms with Crippen molar-refractivity contribution in [3.05, 3.63) is 0 Å². The van der Waals surface area contributed by atoms with Crippen LogP contribution in [-0.2, 0) is 9.53 Å². The van der Waals surface area contributed by atoms with E-state index in [1.165, 1.54) is 0 Å². The highest BCUT2D eigenvalue weighted by molar-refractivity contribution is 5.81. The van der Waals surface area contributed by atoms with Crippen LogP contribution in [0, 0.1) is 0 Å². The molecule has 122 valence electrons. The molecule has 0 aromatic carbocycles. The van der Waals surface area contributed by atoms with Gasteiger partial charge < -0.3 is 30.7 Å². The fourth-order valence-electron chi connectivity index (χ4n) is 2.88. The van der Waals surface area contributed by atoms with Crippen LogP contribution >= 0.6 is 0 Å². The fourth-order valence-corrected chi connectivity index (χ4v) is 2.88. The van der Waals surface area contributed by atoms with Gasteiger partial charge in [-0.2, -0.15) is 0 Å². The van der Waals surface area contributed by atoms with Crippen LogP contribution in [0.15, 0.2) is 0 Å². The zero-order valence-corrected chi connectivity index (χ0v) is 12.4. The van der Waals surface area contributed by atoms with Gasteiger partial charge in [-0.05, 0) is 26.3 Å². The molecule has 2 aliphatic heterocycles. The fraction of sp³-hybridized carbons (Fsp3) is 0.929. The average Bonchev–Trinajstić information content (AvgIpc) is 2.76. The van der Waals surface area contributed by atoms with E-state index in [4.69, 9.17) is 4.74 Å². The number of aliphatic hydroxyl groups excluding tert-OH is 3. The number of rotatable bonds is 3. The Kier molecular flexibility index (Phi) is 5.95. The maximum atomic E-state index is 12.1. The molecule has 0 aromatic rings. The lowest BCUT2D eigenvalue weighted by molar-refractivity contribution is -0.215. The Morgan fingerprint density at radius 2 is 1.95 bits per heavy atom. The molecule has 2 saturated heterocycles. The van der Waals surface area contributed by atoms with Crippen LogP contribution in [0.2, 0.25) is 0 Å². The van der Waals surface area contributed by atoms with Crippen molar-refractivity contribution < 1.29 is 24.9 Å². The average molecular weight is 302 g/mol. The smallest absolute Gasteiger partial charge is 0.237 e. The molecular formula is C14H26N2O5. The second kappa shape index (κ2) is 7.51. The summed E-state index contributed by atoms with van der Waals surface area (Å²) in [4.78, 5) is 12.1. The van der Waals surface area contributed by atoms with Crippen LogP contribution in [0.1, 0.15) is 32.6 Å². The molecule has 0 saturated carbocycles. The number of hydrogen-bond acceptors (Lipinski definition) is 6. The van der Waals surface area contributed by atoms with E-state index >= 15 is 0 Å². The van der Waals surface area contributed by atoms with E-state index in [1.807, 2.05) is 0 Å². The lowest BCUT2D eigenvalue weighted by Crippen LogP contribution is -2.59. The van der Waals surface area contributed by atoms with Gasteiger partial charge in [-0.1, -0.05) is 12.8 Å². The number of aliphatic hydroxyl groups is 3. The van der Waals surface area contributed by atoms with Crippen molar-refractivity contribution in [2.75, 3.05) is 13.1 Å². The molecular weight excluding hydrogens is 276 g/mol. The molecule has 0 spiro atoms. The van der Waals surface area contributed by atoms with Gasteiger partial charge in [0, 0.05) is 6.54 Å². The third-order valence-electron chi connectivity index (χ3n) is 4.31. The normalized spacial score (nSPS) is 41.3. The lowest BCUT2D eigenvalue weighted by atomic mass is 9.95. The summed E-state index contributed by atoms with van der Waals surface area (Å²) in [6.45, 7) is 2.58. The molecule has 6 atom stereocenters. The number of nitrogens with one attached hydrogen (secondary N) is 2. The van der Waals surface area contributed by atoms with E-state index in [-0.39, 0.29) is 18.5 Å². The van der Waals surface area contributed by atoms with Crippen LogP contribution in [0.3, 0.4) is 0 Å². The predicted molar refractivity (Wildman–Crippen MR) is 75.6 cm³/mol. The molecule has 2 fully saturated rings. The highest BCUT2D eigenvalue weighted by Gasteiger charge is 2.41. The third-order valence-corrected chi connectivity index (χ3v) is 4.31. The Balaban J connectivity index is 1.82. The lowest BCUT2D eigenvalue weighted by Gasteiger charge is -2.39. The molecule has 21 heavy (non-hydrogen) atoms. The summed E-state index contributed by atoms with van der Waals surface area (Å²) in [5.74, 6) is -0.110. The largest absolute Gasteiger partial charge is 0.388 e. The summed E-state index contributed by atoms with van der Waals surface area (Å²) in [5, 5.41) is 35.2. The van der Waals surface area contributed by atoms with Crippen LogP contribution in [0.4, 0.5) is 0 Å². The Morgan fingerprint density at radius 3 is 2.71 bits per heavy atom. The molecule has 5 N–H and O–H groups in total. The van der Waals surface area contributed by atoms with Crippen molar-refractivity contribution in [3.8, 4) is 0 Å². The first-order valence-electron chi connectivity index (χ1n) is 7.71. The van der Waals surface area contributed by atoms with Gasteiger partial charge in [0.1, 0.15) is 24.4 Å². The third kappa shape index (κ3) is 4.14. The summed E-state index contributed by atoms with van der Waals surface area (Å²) in [6, 6.07) is -0.207. The van der Waals surface area contributed by atoms with E-state index in [1.54, 1.807) is 6.92 Å². The summed E-state index contributed by atoms with van der Waals surface area (Å²) in [7, 11) is 0. The van der Waals surface area contributed by atoms with Crippen LogP contribution in [-0.4, -0.2) is 70.9 Å². The maximum absolute atomic E-state index is 12.1. The van der Waals surface area contributed by atoms with E-state index < -0.39 is 30.5 Å². The minimum absolute atomic E-state index is 0.110. The first kappa shape index (κ1) is 16.6. The monoisotopic (exact) mass is 302 g/mol. The minimum Gasteiger partial charge on any atom is -0.388 e. The number of amides is 1. The minimum atomic E-state index is -1.26.